The average molecular weight is 354 g/mol. The van der Waals surface area contributed by atoms with Gasteiger partial charge in [0.05, 0.1) is 11.6 Å². The first kappa shape index (κ1) is 15.7. The molecule has 1 aromatic carbocycles. The summed E-state index contributed by atoms with van der Waals surface area (Å²) in [6, 6.07) is 6.63. The highest BCUT2D eigenvalue weighted by Gasteiger charge is 2.41. The number of aliphatic hydroxyl groups excluding tert-OH is 2. The van der Waals surface area contributed by atoms with Gasteiger partial charge in [0.2, 0.25) is 0 Å². The Morgan fingerprint density at radius 3 is 2.48 bits per heavy atom. The molecule has 0 saturated heterocycles. The van der Waals surface area contributed by atoms with Gasteiger partial charge in [0.15, 0.2) is 11.5 Å². The van der Waals surface area contributed by atoms with E-state index >= 15 is 0 Å². The first-order valence-corrected chi connectivity index (χ1v) is 7.38. The van der Waals surface area contributed by atoms with E-state index in [-0.39, 0.29) is 24.5 Å². The van der Waals surface area contributed by atoms with Gasteiger partial charge < -0.3 is 15.1 Å². The van der Waals surface area contributed by atoms with Crippen molar-refractivity contribution in [3.05, 3.63) is 45.6 Å². The summed E-state index contributed by atoms with van der Waals surface area (Å²) in [4.78, 5) is 25.4. The van der Waals surface area contributed by atoms with Crippen LogP contribution in [0.5, 0.6) is 0 Å². The molecule has 0 aliphatic carbocycles. The lowest BCUT2D eigenvalue weighted by atomic mass is 9.97. The van der Waals surface area contributed by atoms with Crippen LogP contribution < -0.4 is 0 Å². The molecule has 1 aliphatic heterocycles. The molecule has 0 saturated carbocycles. The molecule has 0 bridgehead atoms. The van der Waals surface area contributed by atoms with Crippen LogP contribution in [-0.4, -0.2) is 40.0 Å². The Labute approximate surface area is 131 Å². The zero-order valence-corrected chi connectivity index (χ0v) is 13.1. The summed E-state index contributed by atoms with van der Waals surface area (Å²) < 4.78 is 0.884. The molecule has 0 spiro atoms. The molecule has 1 aromatic rings. The van der Waals surface area contributed by atoms with Crippen molar-refractivity contribution in [1.29, 1.82) is 0 Å². The lowest BCUT2D eigenvalue weighted by molar-refractivity contribution is -0.129. The molecule has 6 heteroatoms. The summed E-state index contributed by atoms with van der Waals surface area (Å²) in [6.45, 7) is 1.55. The number of carbonyl (C=O) groups excluding carboxylic acids is 2. The summed E-state index contributed by atoms with van der Waals surface area (Å²) in [7, 11) is 0. The SMILES string of the molecule is CC(=O)C1=C(O)C(=O)N(CCCO)C1c1ccc(Br)cc1. The fraction of sp³-hybridized carbons (Fsp3) is 0.333. The van der Waals surface area contributed by atoms with E-state index < -0.39 is 17.7 Å². The summed E-state index contributed by atoms with van der Waals surface area (Å²) >= 11 is 3.34. The van der Waals surface area contributed by atoms with Crippen molar-refractivity contribution in [2.24, 2.45) is 0 Å². The largest absolute Gasteiger partial charge is 0.503 e. The van der Waals surface area contributed by atoms with Gasteiger partial charge >= 0.3 is 0 Å². The number of rotatable bonds is 5. The van der Waals surface area contributed by atoms with Gasteiger partial charge in [-0.15, -0.1) is 0 Å². The van der Waals surface area contributed by atoms with E-state index in [0.717, 1.165) is 10.0 Å². The molecular weight excluding hydrogens is 338 g/mol. The molecule has 0 aromatic heterocycles. The van der Waals surface area contributed by atoms with Crippen LogP contribution in [0.25, 0.3) is 0 Å². The van der Waals surface area contributed by atoms with Crippen LogP contribution in [0.15, 0.2) is 40.1 Å². The van der Waals surface area contributed by atoms with Crippen molar-refractivity contribution in [3.63, 3.8) is 0 Å². The van der Waals surface area contributed by atoms with Crippen molar-refractivity contribution in [2.75, 3.05) is 13.2 Å². The monoisotopic (exact) mass is 353 g/mol. The van der Waals surface area contributed by atoms with E-state index in [1.165, 1.54) is 11.8 Å². The number of nitrogens with zero attached hydrogens (tertiary/aromatic N) is 1. The van der Waals surface area contributed by atoms with Crippen LogP contribution in [-0.2, 0) is 9.59 Å². The first-order chi connectivity index (χ1) is 9.97. The minimum atomic E-state index is -0.602. The van der Waals surface area contributed by atoms with E-state index in [2.05, 4.69) is 15.9 Å². The molecule has 2 N–H and O–H groups in total. The average Bonchev–Trinajstić information content (AvgIpc) is 2.70. The number of hydrogen-bond acceptors (Lipinski definition) is 4. The number of hydrogen-bond donors (Lipinski definition) is 2. The maximum atomic E-state index is 12.2. The van der Waals surface area contributed by atoms with E-state index in [0.29, 0.717) is 6.42 Å². The highest BCUT2D eigenvalue weighted by atomic mass is 79.9. The van der Waals surface area contributed by atoms with Crippen LogP contribution in [0.3, 0.4) is 0 Å². The number of amides is 1. The third-order valence-corrected chi connectivity index (χ3v) is 3.95. The lowest BCUT2D eigenvalue weighted by Gasteiger charge is -2.26. The molecule has 1 amide bonds. The minimum absolute atomic E-state index is 0.0625. The zero-order valence-electron chi connectivity index (χ0n) is 11.5. The number of ketones is 1. The van der Waals surface area contributed by atoms with Gasteiger partial charge in [0.1, 0.15) is 0 Å². The normalized spacial score (nSPS) is 18.5. The van der Waals surface area contributed by atoms with Crippen LogP contribution in [0, 0.1) is 0 Å². The van der Waals surface area contributed by atoms with Gasteiger partial charge in [-0.3, -0.25) is 9.59 Å². The van der Waals surface area contributed by atoms with Crippen LogP contribution in [0.4, 0.5) is 0 Å². The summed E-state index contributed by atoms with van der Waals surface area (Å²) in [6.07, 6.45) is 0.386. The van der Waals surface area contributed by atoms with E-state index in [1.807, 2.05) is 12.1 Å². The van der Waals surface area contributed by atoms with E-state index in [1.54, 1.807) is 12.1 Å². The van der Waals surface area contributed by atoms with Gasteiger partial charge in [0.25, 0.3) is 5.91 Å². The van der Waals surface area contributed by atoms with Gasteiger partial charge in [-0.05, 0) is 31.0 Å². The van der Waals surface area contributed by atoms with Gasteiger partial charge in [0, 0.05) is 17.6 Å². The predicted molar refractivity (Wildman–Crippen MR) is 80.6 cm³/mol. The number of halogens is 1. The molecule has 1 unspecified atom stereocenters. The fourth-order valence-corrected chi connectivity index (χ4v) is 2.74. The van der Waals surface area contributed by atoms with Gasteiger partial charge in [-0.2, -0.15) is 0 Å². The Hall–Kier alpha value is -1.66. The summed E-state index contributed by atoms with van der Waals surface area (Å²) in [5.41, 5.74) is 0.860. The fourth-order valence-electron chi connectivity index (χ4n) is 2.48. The van der Waals surface area contributed by atoms with E-state index in [4.69, 9.17) is 5.11 Å². The molecule has 0 fully saturated rings. The summed E-state index contributed by atoms with van der Waals surface area (Å²) in [5.74, 6) is -1.39. The van der Waals surface area contributed by atoms with Crippen LogP contribution in [0.2, 0.25) is 0 Å². The standard InChI is InChI=1S/C15H16BrNO4/c1-9(19)12-13(10-3-5-11(16)6-4-10)17(7-2-8-18)15(21)14(12)20/h3-6,13,18,20H,2,7-8H2,1H3. The van der Waals surface area contributed by atoms with Crippen LogP contribution >= 0.6 is 15.9 Å². The maximum Gasteiger partial charge on any atom is 0.290 e. The second kappa shape index (κ2) is 6.41. The highest BCUT2D eigenvalue weighted by molar-refractivity contribution is 9.10. The van der Waals surface area contributed by atoms with Crippen molar-refractivity contribution in [2.45, 2.75) is 19.4 Å². The van der Waals surface area contributed by atoms with Crippen molar-refractivity contribution < 1.29 is 19.8 Å². The molecule has 2 rings (SSSR count). The zero-order chi connectivity index (χ0) is 15.6. The Kier molecular flexibility index (Phi) is 4.80. The molecular formula is C15H16BrNO4. The Bertz CT molecular complexity index is 594. The van der Waals surface area contributed by atoms with Gasteiger partial charge in [-0.25, -0.2) is 0 Å². The minimum Gasteiger partial charge on any atom is -0.503 e. The Morgan fingerprint density at radius 1 is 1.33 bits per heavy atom. The molecule has 5 nitrogen and oxygen atoms in total. The molecule has 1 heterocycles. The maximum absolute atomic E-state index is 12.2. The van der Waals surface area contributed by atoms with Crippen molar-refractivity contribution in [1.82, 2.24) is 4.90 Å². The Morgan fingerprint density at radius 2 is 1.95 bits per heavy atom. The lowest BCUT2D eigenvalue weighted by Crippen LogP contribution is -2.32. The van der Waals surface area contributed by atoms with E-state index in [9.17, 15) is 14.7 Å². The topological polar surface area (TPSA) is 77.8 Å². The Balaban J connectivity index is 2.46. The highest BCUT2D eigenvalue weighted by Crippen LogP contribution is 2.37. The third kappa shape index (κ3) is 3.01. The summed E-state index contributed by atoms with van der Waals surface area (Å²) in [5, 5.41) is 18.9. The number of aliphatic hydroxyl groups is 2. The number of carbonyl (C=O) groups is 2. The van der Waals surface area contributed by atoms with Crippen LogP contribution in [0.1, 0.15) is 24.9 Å². The number of Topliss-reactive ketones (excluding diaryl/α,β-unsaturated/α-hetero) is 1. The molecule has 21 heavy (non-hydrogen) atoms. The smallest absolute Gasteiger partial charge is 0.290 e. The second-order valence-corrected chi connectivity index (χ2v) is 5.76. The second-order valence-electron chi connectivity index (χ2n) is 4.85. The third-order valence-electron chi connectivity index (χ3n) is 3.43. The molecule has 0 radical (unpaired) electrons. The quantitative estimate of drug-likeness (QED) is 0.849. The van der Waals surface area contributed by atoms with Gasteiger partial charge in [-0.1, -0.05) is 28.1 Å². The first-order valence-electron chi connectivity index (χ1n) is 6.58. The molecule has 1 atom stereocenters. The molecule has 112 valence electrons. The number of benzene rings is 1. The van der Waals surface area contributed by atoms with Crippen molar-refractivity contribution in [3.8, 4) is 0 Å². The predicted octanol–water partition coefficient (Wildman–Crippen LogP) is 2.12. The van der Waals surface area contributed by atoms with Crippen molar-refractivity contribution >= 4 is 27.6 Å². The molecule has 1 aliphatic rings.